The van der Waals surface area contributed by atoms with Crippen molar-refractivity contribution in [2.45, 2.75) is 0 Å². The summed E-state index contributed by atoms with van der Waals surface area (Å²) in [5.74, 6) is 0. The van der Waals surface area contributed by atoms with E-state index >= 15 is 0 Å². The highest BCUT2D eigenvalue weighted by Crippen LogP contribution is 2.45. The van der Waals surface area contributed by atoms with Crippen molar-refractivity contribution in [2.75, 3.05) is 4.90 Å². The molecule has 0 saturated heterocycles. The number of aromatic nitrogens is 1. The third-order valence-corrected chi connectivity index (χ3v) is 11.1. The Morgan fingerprint density at radius 3 is 2.06 bits per heavy atom. The van der Waals surface area contributed by atoms with E-state index in [-0.39, 0.29) is 0 Å². The van der Waals surface area contributed by atoms with Crippen molar-refractivity contribution >= 4 is 92.8 Å². The highest BCUT2D eigenvalue weighted by molar-refractivity contribution is 7.25. The molecule has 4 heteroatoms. The summed E-state index contributed by atoms with van der Waals surface area (Å²) < 4.78 is 4.97. The first-order valence-corrected chi connectivity index (χ1v) is 18.0. The van der Waals surface area contributed by atoms with Crippen LogP contribution in [0.4, 0.5) is 17.1 Å². The second-order valence-electron chi connectivity index (χ2n) is 12.7. The molecule has 2 aromatic heterocycles. The Balaban J connectivity index is 1.23. The smallest absolute Gasteiger partial charge is 0.0619 e. The van der Waals surface area contributed by atoms with E-state index in [1.807, 2.05) is 11.3 Å². The Morgan fingerprint density at radius 1 is 0.480 bits per heavy atom. The van der Waals surface area contributed by atoms with Crippen LogP contribution in [0.3, 0.4) is 0 Å². The van der Waals surface area contributed by atoms with Gasteiger partial charge in [0.05, 0.1) is 11.0 Å². The molecule has 2 heterocycles. The van der Waals surface area contributed by atoms with Gasteiger partial charge < -0.3 is 9.47 Å². The molecule has 0 saturated carbocycles. The molecule has 50 heavy (non-hydrogen) atoms. The van der Waals surface area contributed by atoms with Gasteiger partial charge in [0, 0.05) is 64.3 Å². The summed E-state index contributed by atoms with van der Waals surface area (Å²) in [6.45, 7) is 0. The topological polar surface area (TPSA) is 8.17 Å². The van der Waals surface area contributed by atoms with Gasteiger partial charge in [0.25, 0.3) is 0 Å². The van der Waals surface area contributed by atoms with Crippen molar-refractivity contribution in [3.8, 4) is 16.8 Å². The lowest BCUT2D eigenvalue weighted by molar-refractivity contribution is 1.18. The monoisotopic (exact) mass is 676 g/mol. The molecule has 0 radical (unpaired) electrons. The van der Waals surface area contributed by atoms with Crippen molar-refractivity contribution in [3.63, 3.8) is 0 Å². The van der Waals surface area contributed by atoms with Gasteiger partial charge in [-0.2, -0.15) is 0 Å². The van der Waals surface area contributed by atoms with Gasteiger partial charge in [-0.15, -0.1) is 11.3 Å². The van der Waals surface area contributed by atoms with E-state index in [9.17, 15) is 0 Å². The standard InChI is InChI=1S/C46H29ClN2S/c47-32-26-31(27-36(28-32)48(33-13-3-1-4-14-33)35-23-24-40-39-18-9-10-21-43(39)50-44(40)29-35)38-19-11-20-41-45-37-17-8-7-12-30(37)22-25-42(45)49(46(38)41)34-15-5-2-6-16-34/h1-29H. The van der Waals surface area contributed by atoms with E-state index in [4.69, 9.17) is 11.6 Å². The average molecular weight is 677 g/mol. The van der Waals surface area contributed by atoms with Crippen LogP contribution in [0.25, 0.3) is 69.6 Å². The van der Waals surface area contributed by atoms with E-state index in [0.717, 1.165) is 39.4 Å². The van der Waals surface area contributed by atoms with E-state index < -0.39 is 0 Å². The highest BCUT2D eigenvalue weighted by atomic mass is 35.5. The van der Waals surface area contributed by atoms with Crippen LogP contribution >= 0.6 is 22.9 Å². The Labute approximate surface area is 298 Å². The molecule has 0 bridgehead atoms. The van der Waals surface area contributed by atoms with Crippen LogP contribution in [0.1, 0.15) is 0 Å². The summed E-state index contributed by atoms with van der Waals surface area (Å²) in [5, 5.41) is 8.22. The summed E-state index contributed by atoms with van der Waals surface area (Å²) in [6.07, 6.45) is 0. The number of nitrogens with zero attached hydrogens (tertiary/aromatic N) is 2. The van der Waals surface area contributed by atoms with Gasteiger partial charge in [-0.1, -0.05) is 121 Å². The summed E-state index contributed by atoms with van der Waals surface area (Å²) >= 11 is 8.94. The summed E-state index contributed by atoms with van der Waals surface area (Å²) in [6, 6.07) is 63.0. The Morgan fingerprint density at radius 2 is 1.20 bits per heavy atom. The minimum Gasteiger partial charge on any atom is -0.310 e. The first-order valence-electron chi connectivity index (χ1n) is 16.8. The first kappa shape index (κ1) is 29.1. The zero-order valence-electron chi connectivity index (χ0n) is 26.9. The molecule has 236 valence electrons. The van der Waals surface area contributed by atoms with Crippen LogP contribution in [0.5, 0.6) is 0 Å². The van der Waals surface area contributed by atoms with Gasteiger partial charge in [-0.05, 0) is 83.1 Å². The first-order chi connectivity index (χ1) is 24.7. The maximum Gasteiger partial charge on any atom is 0.0619 e. The minimum absolute atomic E-state index is 0.686. The van der Waals surface area contributed by atoms with E-state index in [0.29, 0.717) is 5.02 Å². The maximum absolute atomic E-state index is 7.10. The Hall–Kier alpha value is -5.87. The lowest BCUT2D eigenvalue weighted by Crippen LogP contribution is -2.10. The molecular weight excluding hydrogens is 648 g/mol. The van der Waals surface area contributed by atoms with Gasteiger partial charge >= 0.3 is 0 Å². The van der Waals surface area contributed by atoms with Crippen molar-refractivity contribution in [1.82, 2.24) is 4.57 Å². The Bertz CT molecular complexity index is 2890. The summed E-state index contributed by atoms with van der Waals surface area (Å²) in [7, 11) is 0. The lowest BCUT2D eigenvalue weighted by atomic mass is 9.99. The van der Waals surface area contributed by atoms with Gasteiger partial charge in [0.2, 0.25) is 0 Å². The number of halogens is 1. The van der Waals surface area contributed by atoms with Gasteiger partial charge in [-0.3, -0.25) is 0 Å². The van der Waals surface area contributed by atoms with Crippen LogP contribution in [-0.2, 0) is 0 Å². The van der Waals surface area contributed by atoms with Crippen molar-refractivity contribution in [2.24, 2.45) is 0 Å². The molecule has 0 fully saturated rings. The number of para-hydroxylation sites is 3. The molecule has 0 spiro atoms. The van der Waals surface area contributed by atoms with Crippen LogP contribution in [0, 0.1) is 0 Å². The van der Waals surface area contributed by atoms with E-state index in [1.54, 1.807) is 0 Å². The largest absolute Gasteiger partial charge is 0.310 e. The predicted molar refractivity (Wildman–Crippen MR) is 216 cm³/mol. The van der Waals surface area contributed by atoms with Crippen LogP contribution in [0.2, 0.25) is 5.02 Å². The number of anilines is 3. The zero-order chi connectivity index (χ0) is 33.2. The second kappa shape index (κ2) is 11.6. The quantitative estimate of drug-likeness (QED) is 0.176. The summed E-state index contributed by atoms with van der Waals surface area (Å²) in [4.78, 5) is 2.32. The SMILES string of the molecule is Clc1cc(-c2cccc3c4c5ccccc5ccc4n(-c4ccccc4)c23)cc(N(c2ccccc2)c2ccc3c(c2)sc2ccccc23)c1. The number of benzene rings is 8. The summed E-state index contributed by atoms with van der Waals surface area (Å²) in [5.41, 5.74) is 8.83. The molecule has 0 aliphatic carbocycles. The fraction of sp³-hybridized carbons (Fsp3) is 0. The second-order valence-corrected chi connectivity index (χ2v) is 14.2. The molecule has 10 aromatic rings. The highest BCUT2D eigenvalue weighted by Gasteiger charge is 2.21. The number of hydrogen-bond donors (Lipinski definition) is 0. The minimum atomic E-state index is 0.686. The molecule has 0 aliphatic heterocycles. The number of fused-ring (bicyclic) bond motifs is 8. The lowest BCUT2D eigenvalue weighted by Gasteiger charge is -2.26. The van der Waals surface area contributed by atoms with Crippen LogP contribution in [0.15, 0.2) is 176 Å². The average Bonchev–Trinajstić information content (AvgIpc) is 3.71. The number of hydrogen-bond acceptors (Lipinski definition) is 2. The molecular formula is C46H29ClN2S. The zero-order valence-corrected chi connectivity index (χ0v) is 28.5. The van der Waals surface area contributed by atoms with Crippen molar-refractivity contribution in [1.29, 1.82) is 0 Å². The van der Waals surface area contributed by atoms with Crippen LogP contribution < -0.4 is 4.90 Å². The predicted octanol–water partition coefficient (Wildman–Crippen LogP) is 14.1. The molecule has 0 aliphatic rings. The normalized spacial score (nSPS) is 11.7. The number of thiophene rings is 1. The third kappa shape index (κ3) is 4.63. The molecule has 8 aromatic carbocycles. The fourth-order valence-corrected chi connectivity index (χ4v) is 9.02. The fourth-order valence-electron chi connectivity index (χ4n) is 7.65. The molecule has 10 rings (SSSR count). The molecule has 0 N–H and O–H groups in total. The maximum atomic E-state index is 7.10. The van der Waals surface area contributed by atoms with Gasteiger partial charge in [0.15, 0.2) is 0 Å². The van der Waals surface area contributed by atoms with Crippen LogP contribution in [-0.4, -0.2) is 4.57 Å². The Kier molecular flexibility index (Phi) is 6.76. The third-order valence-electron chi connectivity index (χ3n) is 9.78. The molecule has 0 amide bonds. The molecule has 2 nitrogen and oxygen atoms in total. The van der Waals surface area contributed by atoms with Gasteiger partial charge in [-0.25, -0.2) is 0 Å². The molecule has 0 atom stereocenters. The van der Waals surface area contributed by atoms with Crippen molar-refractivity contribution in [3.05, 3.63) is 181 Å². The van der Waals surface area contributed by atoms with Gasteiger partial charge in [0.1, 0.15) is 0 Å². The molecule has 0 unspecified atom stereocenters. The van der Waals surface area contributed by atoms with E-state index in [2.05, 4.69) is 185 Å². The van der Waals surface area contributed by atoms with Crippen molar-refractivity contribution < 1.29 is 0 Å². The van der Waals surface area contributed by atoms with E-state index in [1.165, 1.54) is 47.2 Å². The number of rotatable bonds is 5.